The van der Waals surface area contributed by atoms with Crippen LogP contribution in [0.5, 0.6) is 11.5 Å². The molecular formula is C27H24N2O5. The average Bonchev–Trinajstić information content (AvgIpc) is 2.83. The molecule has 0 unspecified atom stereocenters. The Morgan fingerprint density at radius 1 is 0.853 bits per heavy atom. The van der Waals surface area contributed by atoms with E-state index in [0.717, 1.165) is 17.0 Å². The molecule has 0 saturated heterocycles. The predicted octanol–water partition coefficient (Wildman–Crippen LogP) is 6.20. The molecule has 34 heavy (non-hydrogen) atoms. The van der Waals surface area contributed by atoms with Gasteiger partial charge in [0.25, 0.3) is 0 Å². The number of fused-ring (bicyclic) bond motifs is 1. The number of ketones is 2. The van der Waals surface area contributed by atoms with E-state index in [1.807, 2.05) is 44.2 Å². The number of phenols is 1. The molecule has 0 aliphatic heterocycles. The van der Waals surface area contributed by atoms with E-state index in [1.54, 1.807) is 24.3 Å². The molecule has 0 saturated carbocycles. The highest BCUT2D eigenvalue weighted by Gasteiger charge is 2.21. The van der Waals surface area contributed by atoms with Crippen molar-refractivity contribution < 1.29 is 24.5 Å². The summed E-state index contributed by atoms with van der Waals surface area (Å²) < 4.78 is 5.91. The Labute approximate surface area is 196 Å². The van der Waals surface area contributed by atoms with E-state index in [9.17, 15) is 19.8 Å². The van der Waals surface area contributed by atoms with Crippen molar-refractivity contribution in [3.8, 4) is 11.5 Å². The molecular weight excluding hydrogens is 432 g/mol. The minimum Gasteiger partial charge on any atom is -0.505 e. The highest BCUT2D eigenvalue weighted by Crippen LogP contribution is 2.41. The Hall–Kier alpha value is -4.26. The second-order valence-corrected chi connectivity index (χ2v) is 8.21. The molecule has 2 N–H and O–H groups in total. The van der Waals surface area contributed by atoms with Crippen molar-refractivity contribution in [1.82, 2.24) is 0 Å². The monoisotopic (exact) mass is 456 g/mol. The van der Waals surface area contributed by atoms with Crippen LogP contribution in [0.15, 0.2) is 88.3 Å². The lowest BCUT2D eigenvalue weighted by atomic mass is 9.95. The van der Waals surface area contributed by atoms with Crippen LogP contribution in [0.2, 0.25) is 0 Å². The van der Waals surface area contributed by atoms with E-state index in [1.165, 1.54) is 6.08 Å². The lowest BCUT2D eigenvalue weighted by Crippen LogP contribution is -2.14. The number of rotatable bonds is 7. The third-order valence-corrected chi connectivity index (χ3v) is 5.40. The van der Waals surface area contributed by atoms with Gasteiger partial charge in [-0.15, -0.1) is 5.11 Å². The molecule has 4 rings (SSSR count). The van der Waals surface area contributed by atoms with E-state index < -0.39 is 11.5 Å². The Bertz CT molecular complexity index is 1350. The van der Waals surface area contributed by atoms with E-state index >= 15 is 0 Å². The van der Waals surface area contributed by atoms with Crippen LogP contribution in [0.25, 0.3) is 10.8 Å². The highest BCUT2D eigenvalue weighted by molar-refractivity contribution is 6.18. The lowest BCUT2D eigenvalue weighted by molar-refractivity contribution is -0.117. The molecule has 3 aromatic carbocycles. The van der Waals surface area contributed by atoms with Gasteiger partial charge in [-0.1, -0.05) is 36.4 Å². The highest BCUT2D eigenvalue weighted by atomic mass is 16.5. The van der Waals surface area contributed by atoms with Crippen LogP contribution in [0.1, 0.15) is 25.8 Å². The van der Waals surface area contributed by atoms with E-state index in [-0.39, 0.29) is 29.6 Å². The van der Waals surface area contributed by atoms with Gasteiger partial charge >= 0.3 is 0 Å². The van der Waals surface area contributed by atoms with Gasteiger partial charge in [0.15, 0.2) is 17.3 Å². The van der Waals surface area contributed by atoms with Gasteiger partial charge in [0, 0.05) is 22.4 Å². The predicted molar refractivity (Wildman–Crippen MR) is 129 cm³/mol. The van der Waals surface area contributed by atoms with E-state index in [0.29, 0.717) is 28.9 Å². The standard InChI is InChI=1S/C27H24N2O5/c1-16(2)34-25-15-22(26(32)20-6-4-3-5-19(20)25)29-28-18-10-7-17(8-11-18)9-12-21-23(30)13-14-24(31)27(21)33/h3-8,10-11,13-16,32-33H,9,12H2,1-2H3/b29-28+. The minimum absolute atomic E-state index is 0.0286. The zero-order valence-corrected chi connectivity index (χ0v) is 18.9. The number of azo groups is 1. The molecule has 3 aromatic rings. The SMILES string of the molecule is CC(C)Oc1cc(/N=N/c2ccc(CCC3=C(O)C(=O)C=CC3=O)cc2)c(O)c2ccccc12. The maximum Gasteiger partial charge on any atom is 0.220 e. The first-order valence-corrected chi connectivity index (χ1v) is 10.9. The van der Waals surface area contributed by atoms with Crippen molar-refractivity contribution in [2.75, 3.05) is 0 Å². The smallest absolute Gasteiger partial charge is 0.220 e. The summed E-state index contributed by atoms with van der Waals surface area (Å²) in [7, 11) is 0. The molecule has 172 valence electrons. The number of carbonyl (C=O) groups excluding carboxylic acids is 2. The minimum atomic E-state index is -0.552. The Morgan fingerprint density at radius 2 is 1.53 bits per heavy atom. The first kappa shape index (κ1) is 22.9. The van der Waals surface area contributed by atoms with Gasteiger partial charge in [-0.05, 0) is 56.5 Å². The fourth-order valence-corrected chi connectivity index (χ4v) is 3.69. The molecule has 7 nitrogen and oxygen atoms in total. The molecule has 0 spiro atoms. The van der Waals surface area contributed by atoms with Crippen LogP contribution in [0, 0.1) is 0 Å². The van der Waals surface area contributed by atoms with Crippen molar-refractivity contribution in [3.05, 3.63) is 83.6 Å². The quantitative estimate of drug-likeness (QED) is 0.325. The number of hydrogen-bond donors (Lipinski definition) is 2. The first-order chi connectivity index (χ1) is 16.3. The second-order valence-electron chi connectivity index (χ2n) is 8.21. The summed E-state index contributed by atoms with van der Waals surface area (Å²) in [5, 5.41) is 30.5. The average molecular weight is 456 g/mol. The lowest BCUT2D eigenvalue weighted by Gasteiger charge is -2.14. The second kappa shape index (κ2) is 9.70. The van der Waals surface area contributed by atoms with Crippen molar-refractivity contribution in [3.63, 3.8) is 0 Å². The molecule has 7 heteroatoms. The van der Waals surface area contributed by atoms with E-state index in [4.69, 9.17) is 4.74 Å². The molecule has 0 heterocycles. The molecule has 0 atom stereocenters. The normalized spacial score (nSPS) is 14.1. The molecule has 1 aliphatic carbocycles. The summed E-state index contributed by atoms with van der Waals surface area (Å²) in [6, 6.07) is 16.3. The van der Waals surface area contributed by atoms with Crippen molar-refractivity contribution in [2.24, 2.45) is 10.2 Å². The zero-order valence-electron chi connectivity index (χ0n) is 18.9. The molecule has 0 fully saturated rings. The van der Waals surface area contributed by atoms with Crippen LogP contribution in [0.4, 0.5) is 11.4 Å². The number of aryl methyl sites for hydroxylation is 1. The van der Waals surface area contributed by atoms with Crippen LogP contribution >= 0.6 is 0 Å². The molecule has 0 aromatic heterocycles. The Morgan fingerprint density at radius 3 is 2.24 bits per heavy atom. The number of nitrogens with zero attached hydrogens (tertiary/aromatic N) is 2. The van der Waals surface area contributed by atoms with Gasteiger partial charge in [0.2, 0.25) is 5.78 Å². The third kappa shape index (κ3) is 4.88. The van der Waals surface area contributed by atoms with Gasteiger partial charge in [-0.2, -0.15) is 5.11 Å². The fourth-order valence-electron chi connectivity index (χ4n) is 3.69. The summed E-state index contributed by atoms with van der Waals surface area (Å²) in [5.41, 5.74) is 1.92. The molecule has 0 bridgehead atoms. The number of phenolic OH excluding ortho intramolecular Hbond substituents is 1. The summed E-state index contributed by atoms with van der Waals surface area (Å²) in [5.74, 6) is -0.728. The van der Waals surface area contributed by atoms with Gasteiger partial charge < -0.3 is 14.9 Å². The van der Waals surface area contributed by atoms with Gasteiger partial charge in [0.05, 0.1) is 11.8 Å². The number of aliphatic hydroxyl groups excluding tert-OH is 1. The van der Waals surface area contributed by atoms with Crippen molar-refractivity contribution in [2.45, 2.75) is 32.8 Å². The maximum atomic E-state index is 11.9. The summed E-state index contributed by atoms with van der Waals surface area (Å²) >= 11 is 0. The summed E-state index contributed by atoms with van der Waals surface area (Å²) in [4.78, 5) is 23.5. The number of allylic oxidation sites excluding steroid dienone is 3. The van der Waals surface area contributed by atoms with E-state index in [2.05, 4.69) is 10.2 Å². The number of aliphatic hydroxyl groups is 1. The Kier molecular flexibility index (Phi) is 6.54. The Balaban J connectivity index is 1.51. The maximum absolute atomic E-state index is 11.9. The van der Waals surface area contributed by atoms with Crippen LogP contribution < -0.4 is 4.74 Å². The summed E-state index contributed by atoms with van der Waals surface area (Å²) in [6.45, 7) is 3.86. The number of hydrogen-bond acceptors (Lipinski definition) is 7. The molecule has 1 aliphatic rings. The third-order valence-electron chi connectivity index (χ3n) is 5.40. The zero-order chi connectivity index (χ0) is 24.2. The van der Waals surface area contributed by atoms with Gasteiger partial charge in [-0.25, -0.2) is 0 Å². The molecule has 0 amide bonds. The van der Waals surface area contributed by atoms with Gasteiger partial charge in [-0.3, -0.25) is 9.59 Å². The first-order valence-electron chi connectivity index (χ1n) is 10.9. The largest absolute Gasteiger partial charge is 0.505 e. The fraction of sp³-hybridized carbons (Fsp3) is 0.185. The summed E-state index contributed by atoms with van der Waals surface area (Å²) in [6.07, 6.45) is 2.95. The number of aromatic hydroxyl groups is 1. The number of ether oxygens (including phenoxy) is 1. The topological polar surface area (TPSA) is 109 Å². The van der Waals surface area contributed by atoms with Crippen molar-refractivity contribution in [1.29, 1.82) is 0 Å². The number of carbonyl (C=O) groups is 2. The molecule has 0 radical (unpaired) electrons. The number of benzene rings is 3. The van der Waals surface area contributed by atoms with Gasteiger partial charge in [0.1, 0.15) is 11.4 Å². The van der Waals surface area contributed by atoms with Crippen molar-refractivity contribution >= 4 is 33.7 Å². The van der Waals surface area contributed by atoms with Crippen LogP contribution in [-0.4, -0.2) is 27.9 Å². The van der Waals surface area contributed by atoms with Crippen LogP contribution in [0.3, 0.4) is 0 Å². The van der Waals surface area contributed by atoms with Crippen LogP contribution in [-0.2, 0) is 16.0 Å².